The molecular weight excluding hydrogens is 246 g/mol. The van der Waals surface area contributed by atoms with Gasteiger partial charge in [0.2, 0.25) is 0 Å². The predicted molar refractivity (Wildman–Crippen MR) is 86.2 cm³/mol. The minimum absolute atomic E-state index is 0.417. The first-order valence-corrected chi connectivity index (χ1v) is 9.15. The summed E-state index contributed by atoms with van der Waals surface area (Å²) in [5.74, 6) is 0. The first-order chi connectivity index (χ1) is 9.75. The average molecular weight is 281 g/mol. The lowest BCUT2D eigenvalue weighted by molar-refractivity contribution is -0.0825. The fraction of sp³-hybridized carbons (Fsp3) is 1.00. The van der Waals surface area contributed by atoms with Crippen molar-refractivity contribution in [1.82, 2.24) is 4.90 Å². The van der Waals surface area contributed by atoms with Crippen LogP contribution in [0.4, 0.5) is 0 Å². The summed E-state index contributed by atoms with van der Waals surface area (Å²) in [6.45, 7) is 6.76. The standard InChI is InChI=1S/C18H35NO/c1-16-14-19(15-17(2)20-16)18-12-10-8-6-4-3-5-7-9-11-13-18/h16-18H,3-15H2,1-2H3/t16-,17-/m0/s1. The van der Waals surface area contributed by atoms with Gasteiger partial charge in [-0.1, -0.05) is 57.8 Å². The van der Waals surface area contributed by atoms with Crippen molar-refractivity contribution in [3.05, 3.63) is 0 Å². The second-order valence-electron chi connectivity index (χ2n) is 7.12. The van der Waals surface area contributed by atoms with E-state index in [4.69, 9.17) is 4.74 Å². The van der Waals surface area contributed by atoms with Crippen LogP contribution in [0.25, 0.3) is 0 Å². The maximum Gasteiger partial charge on any atom is 0.0678 e. The summed E-state index contributed by atoms with van der Waals surface area (Å²) in [4.78, 5) is 2.74. The highest BCUT2D eigenvalue weighted by molar-refractivity contribution is 4.80. The van der Waals surface area contributed by atoms with Crippen molar-refractivity contribution in [3.63, 3.8) is 0 Å². The van der Waals surface area contributed by atoms with E-state index in [2.05, 4.69) is 18.7 Å². The Kier molecular flexibility index (Phi) is 7.37. The van der Waals surface area contributed by atoms with Crippen LogP contribution in [0.5, 0.6) is 0 Å². The molecule has 2 aliphatic rings. The van der Waals surface area contributed by atoms with Gasteiger partial charge in [-0.15, -0.1) is 0 Å². The molecule has 0 bridgehead atoms. The Morgan fingerprint density at radius 2 is 1.05 bits per heavy atom. The number of morpholine rings is 1. The number of rotatable bonds is 1. The Bertz CT molecular complexity index is 234. The molecule has 0 radical (unpaired) electrons. The summed E-state index contributed by atoms with van der Waals surface area (Å²) >= 11 is 0. The Balaban J connectivity index is 1.84. The largest absolute Gasteiger partial charge is 0.373 e. The third-order valence-corrected chi connectivity index (χ3v) is 5.04. The summed E-state index contributed by atoms with van der Waals surface area (Å²) in [7, 11) is 0. The van der Waals surface area contributed by atoms with Gasteiger partial charge in [0.1, 0.15) is 0 Å². The van der Waals surface area contributed by atoms with Gasteiger partial charge in [0.15, 0.2) is 0 Å². The van der Waals surface area contributed by atoms with Crippen LogP contribution in [0.1, 0.15) is 84.5 Å². The zero-order valence-electron chi connectivity index (χ0n) is 13.8. The van der Waals surface area contributed by atoms with Gasteiger partial charge in [-0.25, -0.2) is 0 Å². The highest BCUT2D eigenvalue weighted by atomic mass is 16.5. The van der Waals surface area contributed by atoms with Crippen LogP contribution in [-0.2, 0) is 4.74 Å². The van der Waals surface area contributed by atoms with Crippen LogP contribution in [-0.4, -0.2) is 36.2 Å². The molecule has 2 fully saturated rings. The van der Waals surface area contributed by atoms with Crippen molar-refractivity contribution in [2.45, 2.75) is 103 Å². The van der Waals surface area contributed by atoms with E-state index >= 15 is 0 Å². The molecule has 1 aliphatic carbocycles. The molecular formula is C18H35NO. The summed E-state index contributed by atoms with van der Waals surface area (Å²) in [5, 5.41) is 0. The van der Waals surface area contributed by atoms with E-state index in [0.717, 1.165) is 19.1 Å². The van der Waals surface area contributed by atoms with Gasteiger partial charge in [-0.3, -0.25) is 4.90 Å². The number of hydrogen-bond donors (Lipinski definition) is 0. The van der Waals surface area contributed by atoms with E-state index in [1.807, 2.05) is 0 Å². The minimum atomic E-state index is 0.417. The summed E-state index contributed by atoms with van der Waals surface area (Å²) < 4.78 is 5.90. The molecule has 0 aromatic carbocycles. The molecule has 0 N–H and O–H groups in total. The molecule has 2 heteroatoms. The zero-order chi connectivity index (χ0) is 14.2. The molecule has 0 unspecified atom stereocenters. The third kappa shape index (κ3) is 5.73. The molecule has 1 saturated heterocycles. The maximum absolute atomic E-state index is 5.90. The third-order valence-electron chi connectivity index (χ3n) is 5.04. The maximum atomic E-state index is 5.90. The fourth-order valence-corrected chi connectivity index (χ4v) is 4.02. The van der Waals surface area contributed by atoms with E-state index < -0.39 is 0 Å². The molecule has 0 aromatic heterocycles. The van der Waals surface area contributed by atoms with Crippen molar-refractivity contribution >= 4 is 0 Å². The van der Waals surface area contributed by atoms with Crippen LogP contribution in [0.15, 0.2) is 0 Å². The number of nitrogens with zero attached hydrogens (tertiary/aromatic N) is 1. The molecule has 0 spiro atoms. The topological polar surface area (TPSA) is 12.5 Å². The van der Waals surface area contributed by atoms with Gasteiger partial charge >= 0.3 is 0 Å². The van der Waals surface area contributed by atoms with Gasteiger partial charge in [0, 0.05) is 19.1 Å². The normalized spacial score (nSPS) is 33.3. The van der Waals surface area contributed by atoms with Gasteiger partial charge in [-0.2, -0.15) is 0 Å². The molecule has 118 valence electrons. The van der Waals surface area contributed by atoms with Crippen LogP contribution in [0, 0.1) is 0 Å². The lowest BCUT2D eigenvalue weighted by Crippen LogP contribution is -2.50. The van der Waals surface area contributed by atoms with E-state index in [1.165, 1.54) is 70.6 Å². The SMILES string of the molecule is C[C@H]1CN(C2CCCCCCCCCCC2)C[C@H](C)O1. The molecule has 2 nitrogen and oxygen atoms in total. The molecule has 2 atom stereocenters. The van der Waals surface area contributed by atoms with Gasteiger partial charge in [0.05, 0.1) is 12.2 Å². The molecule has 1 saturated carbocycles. The van der Waals surface area contributed by atoms with E-state index in [0.29, 0.717) is 12.2 Å². The first-order valence-electron chi connectivity index (χ1n) is 9.15. The molecule has 0 amide bonds. The van der Waals surface area contributed by atoms with Crippen molar-refractivity contribution in [1.29, 1.82) is 0 Å². The monoisotopic (exact) mass is 281 g/mol. The quantitative estimate of drug-likeness (QED) is 0.686. The van der Waals surface area contributed by atoms with E-state index in [9.17, 15) is 0 Å². The molecule has 1 heterocycles. The van der Waals surface area contributed by atoms with Crippen LogP contribution >= 0.6 is 0 Å². The Hall–Kier alpha value is -0.0800. The van der Waals surface area contributed by atoms with Crippen LogP contribution < -0.4 is 0 Å². The Morgan fingerprint density at radius 1 is 0.650 bits per heavy atom. The van der Waals surface area contributed by atoms with Gasteiger partial charge < -0.3 is 4.74 Å². The van der Waals surface area contributed by atoms with Gasteiger partial charge in [0.25, 0.3) is 0 Å². The van der Waals surface area contributed by atoms with Crippen molar-refractivity contribution in [2.24, 2.45) is 0 Å². The van der Waals surface area contributed by atoms with Gasteiger partial charge in [-0.05, 0) is 26.7 Å². The summed E-state index contributed by atoms with van der Waals surface area (Å²) in [6, 6.07) is 0.822. The lowest BCUT2D eigenvalue weighted by Gasteiger charge is -2.40. The first kappa shape index (κ1) is 16.3. The highest BCUT2D eigenvalue weighted by Crippen LogP contribution is 2.23. The van der Waals surface area contributed by atoms with Crippen molar-refractivity contribution in [3.8, 4) is 0 Å². The van der Waals surface area contributed by atoms with E-state index in [-0.39, 0.29) is 0 Å². The fourth-order valence-electron chi connectivity index (χ4n) is 4.02. The van der Waals surface area contributed by atoms with E-state index in [1.54, 1.807) is 0 Å². The van der Waals surface area contributed by atoms with Crippen LogP contribution in [0.3, 0.4) is 0 Å². The zero-order valence-corrected chi connectivity index (χ0v) is 13.8. The summed E-state index contributed by atoms with van der Waals surface area (Å²) in [6.07, 6.45) is 16.8. The second-order valence-corrected chi connectivity index (χ2v) is 7.12. The predicted octanol–water partition coefficient (Wildman–Crippen LogP) is 4.77. The lowest BCUT2D eigenvalue weighted by atomic mass is 9.96. The highest BCUT2D eigenvalue weighted by Gasteiger charge is 2.27. The minimum Gasteiger partial charge on any atom is -0.373 e. The second kappa shape index (κ2) is 9.04. The smallest absolute Gasteiger partial charge is 0.0678 e. The van der Waals surface area contributed by atoms with Crippen molar-refractivity contribution < 1.29 is 4.74 Å². The molecule has 20 heavy (non-hydrogen) atoms. The number of hydrogen-bond acceptors (Lipinski definition) is 2. The molecule has 2 rings (SSSR count). The Labute approximate surface area is 126 Å². The van der Waals surface area contributed by atoms with Crippen LogP contribution in [0.2, 0.25) is 0 Å². The average Bonchev–Trinajstić information content (AvgIpc) is 2.38. The molecule has 1 aliphatic heterocycles. The van der Waals surface area contributed by atoms with Crippen molar-refractivity contribution in [2.75, 3.05) is 13.1 Å². The summed E-state index contributed by atoms with van der Waals surface area (Å²) in [5.41, 5.74) is 0. The number of ether oxygens (including phenoxy) is 1. The molecule has 0 aromatic rings. The Morgan fingerprint density at radius 3 is 1.50 bits per heavy atom.